The Labute approximate surface area is 174 Å². The summed E-state index contributed by atoms with van der Waals surface area (Å²) in [7, 11) is -3.31. The lowest BCUT2D eigenvalue weighted by Crippen LogP contribution is -2.19. The number of carbonyl (C=O) groups is 1. The number of hydrogen-bond acceptors (Lipinski definition) is 5. The summed E-state index contributed by atoms with van der Waals surface area (Å²) < 4.78 is 31.9. The van der Waals surface area contributed by atoms with Crippen molar-refractivity contribution in [2.45, 2.75) is 31.2 Å². The molecule has 154 valence electrons. The van der Waals surface area contributed by atoms with Crippen molar-refractivity contribution in [3.05, 3.63) is 58.9 Å². The number of sulfone groups is 1. The number of amides is 1. The molecule has 0 unspecified atom stereocenters. The van der Waals surface area contributed by atoms with E-state index in [0.29, 0.717) is 37.4 Å². The monoisotopic (exact) mass is 432 g/mol. The van der Waals surface area contributed by atoms with Gasteiger partial charge in [-0.25, -0.2) is 8.42 Å². The van der Waals surface area contributed by atoms with Gasteiger partial charge in [0.05, 0.1) is 21.7 Å². The zero-order chi connectivity index (χ0) is 20.9. The fraction of sp³-hybridized carbons (Fsp3) is 0.333. The molecule has 0 aliphatic carbocycles. The number of aromatic nitrogens is 1. The minimum Gasteiger partial charge on any atom is -0.380 e. The number of ether oxygens (including phenoxy) is 1. The molecule has 0 radical (unpaired) electrons. The normalized spacial score (nSPS) is 12.6. The molecule has 8 heteroatoms. The van der Waals surface area contributed by atoms with Gasteiger partial charge in [-0.15, -0.1) is 0 Å². The fourth-order valence-corrected chi connectivity index (χ4v) is 4.78. The fourth-order valence-electron chi connectivity index (χ4n) is 2.94. The first-order valence-electron chi connectivity index (χ1n) is 9.41. The Morgan fingerprint density at radius 3 is 2.62 bits per heavy atom. The van der Waals surface area contributed by atoms with Crippen LogP contribution in [0.5, 0.6) is 0 Å². The van der Waals surface area contributed by atoms with E-state index in [-0.39, 0.29) is 10.8 Å². The lowest BCUT2D eigenvalue weighted by molar-refractivity contribution is -0.118. The van der Waals surface area contributed by atoms with Gasteiger partial charge in [0.15, 0.2) is 14.6 Å². The van der Waals surface area contributed by atoms with Crippen molar-refractivity contribution in [1.29, 1.82) is 0 Å². The second kappa shape index (κ2) is 9.47. The molecular weight excluding hydrogens is 408 g/mol. The van der Waals surface area contributed by atoms with Gasteiger partial charge in [-0.1, -0.05) is 41.7 Å². The first-order valence-corrected chi connectivity index (χ1v) is 12.1. The molecule has 0 bridgehead atoms. The van der Waals surface area contributed by atoms with E-state index in [0.717, 1.165) is 15.8 Å². The SMILES string of the molecule is CCOCCn1c(=NC(=O)CCc2ccccc2)sc2cc(S(C)(=O)=O)ccc21. The van der Waals surface area contributed by atoms with Crippen LogP contribution in [-0.4, -0.2) is 38.4 Å². The van der Waals surface area contributed by atoms with Crippen LogP contribution in [-0.2, 0) is 32.3 Å². The lowest BCUT2D eigenvalue weighted by atomic mass is 10.1. The zero-order valence-electron chi connectivity index (χ0n) is 16.5. The number of thiazole rings is 1. The molecule has 2 aromatic carbocycles. The van der Waals surface area contributed by atoms with Crippen LogP contribution in [0.25, 0.3) is 10.2 Å². The summed E-state index contributed by atoms with van der Waals surface area (Å²) in [5, 5.41) is 0. The second-order valence-corrected chi connectivity index (χ2v) is 9.65. The van der Waals surface area contributed by atoms with E-state index in [9.17, 15) is 13.2 Å². The van der Waals surface area contributed by atoms with E-state index >= 15 is 0 Å². The molecule has 0 saturated carbocycles. The van der Waals surface area contributed by atoms with Gasteiger partial charge in [0, 0.05) is 25.8 Å². The molecule has 6 nitrogen and oxygen atoms in total. The Morgan fingerprint density at radius 2 is 1.93 bits per heavy atom. The van der Waals surface area contributed by atoms with Crippen LogP contribution < -0.4 is 4.80 Å². The molecule has 29 heavy (non-hydrogen) atoms. The Balaban J connectivity index is 1.93. The third-order valence-corrected chi connectivity index (χ3v) is 6.59. The van der Waals surface area contributed by atoms with Gasteiger partial charge < -0.3 is 9.30 Å². The molecule has 0 saturated heterocycles. The second-order valence-electron chi connectivity index (χ2n) is 6.63. The maximum Gasteiger partial charge on any atom is 0.248 e. The molecule has 1 heterocycles. The van der Waals surface area contributed by atoms with E-state index in [1.54, 1.807) is 18.2 Å². The number of aryl methyl sites for hydroxylation is 1. The predicted octanol–water partition coefficient (Wildman–Crippen LogP) is 3.20. The predicted molar refractivity (Wildman–Crippen MR) is 115 cm³/mol. The summed E-state index contributed by atoms with van der Waals surface area (Å²) in [6.45, 7) is 3.55. The Morgan fingerprint density at radius 1 is 1.17 bits per heavy atom. The standard InChI is InChI=1S/C21H24N2O4S2/c1-3-27-14-13-23-18-11-10-17(29(2,25)26)15-19(18)28-21(23)22-20(24)12-9-16-7-5-4-6-8-16/h4-8,10-11,15H,3,9,12-14H2,1-2H3. The molecule has 0 atom stereocenters. The first-order chi connectivity index (χ1) is 13.9. The summed E-state index contributed by atoms with van der Waals surface area (Å²) in [4.78, 5) is 17.6. The van der Waals surface area contributed by atoms with Crippen molar-refractivity contribution in [2.24, 2.45) is 4.99 Å². The molecular formula is C21H24N2O4S2. The number of fused-ring (bicyclic) bond motifs is 1. The molecule has 1 amide bonds. The Kier molecular flexibility index (Phi) is 7.00. The molecule has 0 spiro atoms. The van der Waals surface area contributed by atoms with Crippen LogP contribution in [0, 0.1) is 0 Å². The number of nitrogens with zero attached hydrogens (tertiary/aromatic N) is 2. The average molecular weight is 433 g/mol. The van der Waals surface area contributed by atoms with Crippen molar-refractivity contribution >= 4 is 37.3 Å². The minimum absolute atomic E-state index is 0.200. The molecule has 0 fully saturated rings. The maximum atomic E-state index is 12.5. The van der Waals surface area contributed by atoms with Crippen LogP contribution in [0.3, 0.4) is 0 Å². The van der Waals surface area contributed by atoms with Crippen LogP contribution >= 0.6 is 11.3 Å². The largest absolute Gasteiger partial charge is 0.380 e. The molecule has 0 aliphatic rings. The topological polar surface area (TPSA) is 77.7 Å². The quantitative estimate of drug-likeness (QED) is 0.512. The Hall–Kier alpha value is -2.29. The van der Waals surface area contributed by atoms with Crippen LogP contribution in [0.4, 0.5) is 0 Å². The van der Waals surface area contributed by atoms with E-state index in [2.05, 4.69) is 4.99 Å². The minimum atomic E-state index is -3.31. The van der Waals surface area contributed by atoms with Gasteiger partial charge in [-0.05, 0) is 37.1 Å². The van der Waals surface area contributed by atoms with Gasteiger partial charge in [0.2, 0.25) is 5.91 Å². The summed E-state index contributed by atoms with van der Waals surface area (Å²) in [6.07, 6.45) is 2.13. The van der Waals surface area contributed by atoms with Crippen LogP contribution in [0.15, 0.2) is 58.4 Å². The van der Waals surface area contributed by atoms with Gasteiger partial charge in [-0.3, -0.25) is 4.79 Å². The summed E-state index contributed by atoms with van der Waals surface area (Å²) in [5.74, 6) is -0.200. The number of carbonyl (C=O) groups excluding carboxylic acids is 1. The highest BCUT2D eigenvalue weighted by Crippen LogP contribution is 2.22. The molecule has 0 aliphatic heterocycles. The third-order valence-electron chi connectivity index (χ3n) is 4.44. The van der Waals surface area contributed by atoms with Gasteiger partial charge >= 0.3 is 0 Å². The van der Waals surface area contributed by atoms with E-state index in [1.165, 1.54) is 17.6 Å². The zero-order valence-corrected chi connectivity index (χ0v) is 18.1. The number of hydrogen-bond donors (Lipinski definition) is 0. The highest BCUT2D eigenvalue weighted by Gasteiger charge is 2.13. The van der Waals surface area contributed by atoms with Crippen LogP contribution in [0.2, 0.25) is 0 Å². The summed E-state index contributed by atoms with van der Waals surface area (Å²) in [6, 6.07) is 14.8. The highest BCUT2D eigenvalue weighted by molar-refractivity contribution is 7.90. The lowest BCUT2D eigenvalue weighted by Gasteiger charge is -2.06. The van der Waals surface area contributed by atoms with Gasteiger partial charge in [-0.2, -0.15) is 4.99 Å². The molecule has 3 aromatic rings. The number of rotatable bonds is 8. The first kappa shape index (κ1) is 21.4. The summed E-state index contributed by atoms with van der Waals surface area (Å²) in [5.41, 5.74) is 1.94. The van der Waals surface area contributed by atoms with Gasteiger partial charge in [0.25, 0.3) is 0 Å². The smallest absolute Gasteiger partial charge is 0.248 e. The molecule has 3 rings (SSSR count). The van der Waals surface area contributed by atoms with Crippen molar-refractivity contribution in [2.75, 3.05) is 19.5 Å². The third kappa shape index (κ3) is 5.62. The van der Waals surface area contributed by atoms with E-state index in [4.69, 9.17) is 4.74 Å². The number of benzene rings is 2. The van der Waals surface area contributed by atoms with Gasteiger partial charge in [0.1, 0.15) is 0 Å². The Bertz CT molecular complexity index is 1160. The molecule has 1 aromatic heterocycles. The highest BCUT2D eigenvalue weighted by atomic mass is 32.2. The maximum absolute atomic E-state index is 12.5. The van der Waals surface area contributed by atoms with Crippen molar-refractivity contribution < 1.29 is 17.9 Å². The van der Waals surface area contributed by atoms with E-state index in [1.807, 2.05) is 41.8 Å². The van der Waals surface area contributed by atoms with Crippen molar-refractivity contribution in [3.8, 4) is 0 Å². The average Bonchev–Trinajstić information content (AvgIpc) is 3.03. The van der Waals surface area contributed by atoms with Crippen molar-refractivity contribution in [1.82, 2.24) is 4.57 Å². The summed E-state index contributed by atoms with van der Waals surface area (Å²) >= 11 is 1.32. The van der Waals surface area contributed by atoms with Crippen molar-refractivity contribution in [3.63, 3.8) is 0 Å². The van der Waals surface area contributed by atoms with Crippen LogP contribution in [0.1, 0.15) is 18.9 Å². The van der Waals surface area contributed by atoms with E-state index < -0.39 is 9.84 Å². The molecule has 0 N–H and O–H groups in total.